The molecular weight excluding hydrogens is 400 g/mol. The molecule has 0 bridgehead atoms. The van der Waals surface area contributed by atoms with E-state index >= 15 is 0 Å². The lowest BCUT2D eigenvalue weighted by Gasteiger charge is -2.14. The summed E-state index contributed by atoms with van der Waals surface area (Å²) in [4.78, 5) is 11.4. The van der Waals surface area contributed by atoms with Crippen molar-refractivity contribution in [2.24, 2.45) is 0 Å². The fraction of sp³-hybridized carbons (Fsp3) is 0.455. The van der Waals surface area contributed by atoms with Crippen molar-refractivity contribution < 1.29 is 4.42 Å². The molecule has 1 aliphatic rings. The quantitative estimate of drug-likeness (QED) is 0.462. The van der Waals surface area contributed by atoms with E-state index in [-0.39, 0.29) is 5.41 Å². The maximum absolute atomic E-state index is 5.86. The van der Waals surface area contributed by atoms with Gasteiger partial charge in [0.25, 0.3) is 0 Å². The van der Waals surface area contributed by atoms with E-state index in [1.807, 2.05) is 12.4 Å². The molecule has 0 radical (unpaired) electrons. The predicted octanol–water partition coefficient (Wildman–Crippen LogP) is 6.06. The number of nitrogens with one attached hydrogen (secondary N) is 1. The minimum Gasteiger partial charge on any atom is -0.444 e. The van der Waals surface area contributed by atoms with E-state index in [2.05, 4.69) is 65.2 Å². The summed E-state index contributed by atoms with van der Waals surface area (Å²) in [5.74, 6) is 2.40. The standard InChI is InChI=1S/C22H28N4OS2/c1-22(2,3)18-12-23-19(27-18)15-28-20-13-24-21(29-20)25-17-8-6-16(7-9-17)14-26-10-4-5-11-26/h6-9,12-13H,4-5,10-11,14-15H2,1-3H3,(H,24,25). The molecular formula is C22H28N4OS2. The van der Waals surface area contributed by atoms with Gasteiger partial charge in [-0.25, -0.2) is 9.97 Å². The molecule has 29 heavy (non-hydrogen) atoms. The lowest BCUT2D eigenvalue weighted by Crippen LogP contribution is -2.18. The first-order valence-electron chi connectivity index (χ1n) is 10.1. The number of oxazole rings is 1. The zero-order valence-corrected chi connectivity index (χ0v) is 18.9. The van der Waals surface area contributed by atoms with Crippen molar-refractivity contribution in [1.82, 2.24) is 14.9 Å². The van der Waals surface area contributed by atoms with Crippen LogP contribution in [0.1, 0.15) is 50.8 Å². The van der Waals surface area contributed by atoms with Crippen molar-refractivity contribution in [2.45, 2.75) is 55.5 Å². The molecule has 1 saturated heterocycles. The Balaban J connectivity index is 1.29. The van der Waals surface area contributed by atoms with Gasteiger partial charge in [0.1, 0.15) is 5.76 Å². The van der Waals surface area contributed by atoms with Crippen LogP contribution in [0.5, 0.6) is 0 Å². The number of aromatic nitrogens is 2. The molecule has 0 amide bonds. The molecule has 3 aromatic rings. The second kappa shape index (κ2) is 8.90. The van der Waals surface area contributed by atoms with Crippen LogP contribution in [-0.2, 0) is 17.7 Å². The van der Waals surface area contributed by atoms with E-state index < -0.39 is 0 Å². The van der Waals surface area contributed by atoms with Gasteiger partial charge in [-0.15, -0.1) is 11.8 Å². The summed E-state index contributed by atoms with van der Waals surface area (Å²) in [7, 11) is 0. The van der Waals surface area contributed by atoms with E-state index in [4.69, 9.17) is 4.42 Å². The van der Waals surface area contributed by atoms with Gasteiger partial charge in [0.2, 0.25) is 5.89 Å². The monoisotopic (exact) mass is 428 g/mol. The van der Waals surface area contributed by atoms with Gasteiger partial charge in [-0.1, -0.05) is 44.2 Å². The maximum atomic E-state index is 5.86. The predicted molar refractivity (Wildman–Crippen MR) is 121 cm³/mol. The minimum atomic E-state index is -0.0124. The minimum absolute atomic E-state index is 0.0124. The van der Waals surface area contributed by atoms with E-state index in [1.54, 1.807) is 23.1 Å². The molecule has 2 aromatic heterocycles. The van der Waals surface area contributed by atoms with Gasteiger partial charge in [-0.2, -0.15) is 0 Å². The first kappa shape index (κ1) is 20.4. The van der Waals surface area contributed by atoms with Crippen molar-refractivity contribution >= 4 is 33.9 Å². The van der Waals surface area contributed by atoms with Crippen LogP contribution in [0.25, 0.3) is 0 Å². The molecule has 0 spiro atoms. The Morgan fingerprint density at radius 3 is 2.55 bits per heavy atom. The molecule has 0 aliphatic carbocycles. The van der Waals surface area contributed by atoms with E-state index in [0.29, 0.717) is 5.75 Å². The number of anilines is 2. The smallest absolute Gasteiger partial charge is 0.204 e. The Kier molecular flexibility index (Phi) is 6.27. The number of thioether (sulfide) groups is 1. The molecule has 1 N–H and O–H groups in total. The topological polar surface area (TPSA) is 54.2 Å². The van der Waals surface area contributed by atoms with E-state index in [1.165, 1.54) is 31.5 Å². The van der Waals surface area contributed by atoms with Crippen LogP contribution in [0.3, 0.4) is 0 Å². The zero-order chi connectivity index (χ0) is 20.3. The summed E-state index contributed by atoms with van der Waals surface area (Å²) in [6.45, 7) is 9.89. The van der Waals surface area contributed by atoms with Crippen LogP contribution < -0.4 is 5.32 Å². The molecule has 154 valence electrons. The number of hydrogen-bond donors (Lipinski definition) is 1. The van der Waals surface area contributed by atoms with Gasteiger partial charge in [0.15, 0.2) is 5.13 Å². The molecule has 0 saturated carbocycles. The summed E-state index contributed by atoms with van der Waals surface area (Å²) in [5, 5.41) is 4.31. The van der Waals surface area contributed by atoms with Gasteiger partial charge in [0.05, 0.1) is 22.4 Å². The van der Waals surface area contributed by atoms with Gasteiger partial charge in [-0.3, -0.25) is 4.90 Å². The Hall–Kier alpha value is -1.83. The number of benzene rings is 1. The average Bonchev–Trinajstić information content (AvgIpc) is 3.43. The Labute approximate surface area is 180 Å². The third kappa shape index (κ3) is 5.62. The molecule has 1 fully saturated rings. The fourth-order valence-corrected chi connectivity index (χ4v) is 5.00. The summed E-state index contributed by atoms with van der Waals surface area (Å²) in [6, 6.07) is 8.69. The Morgan fingerprint density at radius 1 is 1.10 bits per heavy atom. The van der Waals surface area contributed by atoms with Gasteiger partial charge in [0, 0.05) is 17.6 Å². The molecule has 0 atom stereocenters. The Morgan fingerprint density at radius 2 is 1.86 bits per heavy atom. The summed E-state index contributed by atoms with van der Waals surface area (Å²) < 4.78 is 7.01. The second-order valence-corrected chi connectivity index (χ2v) is 10.8. The summed E-state index contributed by atoms with van der Waals surface area (Å²) >= 11 is 3.36. The van der Waals surface area contributed by atoms with Gasteiger partial charge < -0.3 is 9.73 Å². The van der Waals surface area contributed by atoms with E-state index in [9.17, 15) is 0 Å². The number of likely N-dealkylation sites (tertiary alicyclic amines) is 1. The SMILES string of the molecule is CC(C)(C)c1cnc(CSc2cnc(Nc3ccc(CN4CCCC4)cc3)s2)o1. The van der Waals surface area contributed by atoms with Crippen molar-refractivity contribution in [1.29, 1.82) is 0 Å². The van der Waals surface area contributed by atoms with Crippen molar-refractivity contribution in [3.05, 3.63) is 53.9 Å². The molecule has 1 aliphatic heterocycles. The largest absolute Gasteiger partial charge is 0.444 e. The first-order chi connectivity index (χ1) is 14.0. The second-order valence-electron chi connectivity index (χ2n) is 8.45. The summed E-state index contributed by atoms with van der Waals surface area (Å²) in [6.07, 6.45) is 6.41. The number of nitrogens with zero attached hydrogens (tertiary/aromatic N) is 3. The Bertz CT molecular complexity index is 921. The van der Waals surface area contributed by atoms with Crippen LogP contribution in [-0.4, -0.2) is 28.0 Å². The molecule has 5 nitrogen and oxygen atoms in total. The first-order valence-corrected chi connectivity index (χ1v) is 11.9. The number of rotatable bonds is 7. The molecule has 4 rings (SSSR count). The van der Waals surface area contributed by atoms with Crippen molar-refractivity contribution in [2.75, 3.05) is 18.4 Å². The van der Waals surface area contributed by atoms with Crippen molar-refractivity contribution in [3.63, 3.8) is 0 Å². The zero-order valence-electron chi connectivity index (χ0n) is 17.3. The lowest BCUT2D eigenvalue weighted by atomic mass is 9.94. The number of thiazole rings is 1. The highest BCUT2D eigenvalue weighted by molar-refractivity contribution is 8.00. The van der Waals surface area contributed by atoms with Crippen LogP contribution >= 0.6 is 23.1 Å². The third-order valence-electron chi connectivity index (χ3n) is 4.93. The highest BCUT2D eigenvalue weighted by Gasteiger charge is 2.19. The third-order valence-corrected chi connectivity index (χ3v) is 7.02. The highest BCUT2D eigenvalue weighted by atomic mass is 32.2. The van der Waals surface area contributed by atoms with Crippen molar-refractivity contribution in [3.8, 4) is 0 Å². The maximum Gasteiger partial charge on any atom is 0.204 e. The van der Waals surface area contributed by atoms with Gasteiger partial charge in [-0.05, 0) is 43.6 Å². The van der Waals surface area contributed by atoms with Crippen LogP contribution in [0.15, 0.2) is 45.3 Å². The van der Waals surface area contributed by atoms with Crippen LogP contribution in [0, 0.1) is 0 Å². The van der Waals surface area contributed by atoms with Crippen LogP contribution in [0.2, 0.25) is 0 Å². The summed E-state index contributed by atoms with van der Waals surface area (Å²) in [5.41, 5.74) is 2.43. The molecule has 0 unspecified atom stereocenters. The highest BCUT2D eigenvalue weighted by Crippen LogP contribution is 2.33. The normalized spacial score (nSPS) is 15.1. The fourth-order valence-electron chi connectivity index (χ4n) is 3.26. The number of hydrogen-bond acceptors (Lipinski definition) is 7. The molecule has 1 aromatic carbocycles. The molecule has 3 heterocycles. The average molecular weight is 429 g/mol. The van der Waals surface area contributed by atoms with Crippen LogP contribution in [0.4, 0.5) is 10.8 Å². The lowest BCUT2D eigenvalue weighted by molar-refractivity contribution is 0.331. The van der Waals surface area contributed by atoms with E-state index in [0.717, 1.165) is 33.2 Å². The molecule has 7 heteroatoms. The van der Waals surface area contributed by atoms with Gasteiger partial charge >= 0.3 is 0 Å².